The molecule has 6 rings (SSSR count). The third-order valence-electron chi connectivity index (χ3n) is 13.4. The molecule has 2 amide bonds. The monoisotopic (exact) mass is 590 g/mol. The van der Waals surface area contributed by atoms with E-state index in [1.807, 2.05) is 46.2 Å². The topological polar surface area (TPSA) is 81.1 Å². The molecule has 5 fully saturated rings. The maximum Gasteiger partial charge on any atom is 0.246 e. The molecule has 10 atom stereocenters. The molecule has 1 aromatic rings. The Morgan fingerprint density at radius 2 is 1.58 bits per heavy atom. The summed E-state index contributed by atoms with van der Waals surface area (Å²) in [4.78, 5) is 29.7. The minimum atomic E-state index is -0.243. The van der Waals surface area contributed by atoms with Crippen LogP contribution in [0.25, 0.3) is 6.08 Å². The van der Waals surface area contributed by atoms with Crippen molar-refractivity contribution in [3.8, 4) is 0 Å². The van der Waals surface area contributed by atoms with Crippen LogP contribution in [0.3, 0.4) is 0 Å². The van der Waals surface area contributed by atoms with Gasteiger partial charge in [0.2, 0.25) is 11.8 Å². The van der Waals surface area contributed by atoms with Gasteiger partial charge in [0.1, 0.15) is 0 Å². The second-order valence-corrected chi connectivity index (χ2v) is 15.4. The largest absolute Gasteiger partial charge is 0.393 e. The van der Waals surface area contributed by atoms with Crippen molar-refractivity contribution in [2.75, 3.05) is 26.2 Å². The molecule has 6 heteroatoms. The highest BCUT2D eigenvalue weighted by Crippen LogP contribution is 2.68. The minimum Gasteiger partial charge on any atom is -0.393 e. The number of amides is 2. The highest BCUT2D eigenvalue weighted by atomic mass is 16.3. The lowest BCUT2D eigenvalue weighted by molar-refractivity contribution is -0.174. The first-order valence-electron chi connectivity index (χ1n) is 17.3. The van der Waals surface area contributed by atoms with Gasteiger partial charge in [-0.3, -0.25) is 9.59 Å². The van der Waals surface area contributed by atoms with Crippen LogP contribution in [0.4, 0.5) is 0 Å². The molecule has 5 aliphatic rings. The summed E-state index contributed by atoms with van der Waals surface area (Å²) >= 11 is 0. The fourth-order valence-electron chi connectivity index (χ4n) is 10.9. The summed E-state index contributed by atoms with van der Waals surface area (Å²) in [5.74, 6) is 3.29. The molecule has 6 nitrogen and oxygen atoms in total. The van der Waals surface area contributed by atoms with Crippen LogP contribution < -0.4 is 0 Å². The predicted octanol–water partition coefficient (Wildman–Crippen LogP) is 5.78. The molecule has 1 heterocycles. The van der Waals surface area contributed by atoms with E-state index in [2.05, 4.69) is 20.8 Å². The third-order valence-corrected chi connectivity index (χ3v) is 13.4. The first-order chi connectivity index (χ1) is 20.6. The van der Waals surface area contributed by atoms with Crippen LogP contribution in [0, 0.1) is 46.3 Å². The van der Waals surface area contributed by atoms with Gasteiger partial charge in [-0.25, -0.2) is 0 Å². The number of benzene rings is 1. The van der Waals surface area contributed by atoms with E-state index >= 15 is 0 Å². The van der Waals surface area contributed by atoms with Crippen LogP contribution in [0.15, 0.2) is 36.4 Å². The second kappa shape index (κ2) is 12.3. The van der Waals surface area contributed by atoms with Crippen LogP contribution in [0.1, 0.15) is 90.5 Å². The molecule has 1 aromatic carbocycles. The van der Waals surface area contributed by atoms with Crippen LogP contribution in [-0.4, -0.2) is 70.2 Å². The summed E-state index contributed by atoms with van der Waals surface area (Å²) in [6.45, 7) is 9.75. The van der Waals surface area contributed by atoms with E-state index < -0.39 is 0 Å². The molecule has 1 aliphatic heterocycles. The summed E-state index contributed by atoms with van der Waals surface area (Å²) in [6, 6.07) is 9.86. The smallest absolute Gasteiger partial charge is 0.246 e. The number of aliphatic hydroxyl groups excluding tert-OH is 2. The van der Waals surface area contributed by atoms with Crippen molar-refractivity contribution in [2.24, 2.45) is 46.3 Å². The summed E-state index contributed by atoms with van der Waals surface area (Å²) < 4.78 is 0. The van der Waals surface area contributed by atoms with E-state index in [1.165, 1.54) is 25.7 Å². The Bertz CT molecular complexity index is 1180. The van der Waals surface area contributed by atoms with Crippen molar-refractivity contribution in [3.63, 3.8) is 0 Å². The number of rotatable bonds is 6. The maximum atomic E-state index is 13.2. The van der Waals surface area contributed by atoms with Crippen LogP contribution in [0.2, 0.25) is 0 Å². The normalized spacial score (nSPS) is 40.1. The van der Waals surface area contributed by atoms with Crippen molar-refractivity contribution in [2.45, 2.75) is 97.2 Å². The SMILES string of the molecule is C[C@H](CCC(=O)N1CCN(C(=O)/C=C/c2ccccc2)CC1)[C@H]1CC[C@H]2[C@@H]3[C@@H](O)C[C@@H]4C[C@H](O)CC[C@]4(C)[C@H]3CC[C@]12C. The highest BCUT2D eigenvalue weighted by molar-refractivity contribution is 5.92. The Balaban J connectivity index is 1.01. The van der Waals surface area contributed by atoms with Gasteiger partial charge in [0, 0.05) is 38.7 Å². The molecule has 0 bridgehead atoms. The zero-order chi connectivity index (χ0) is 30.4. The van der Waals surface area contributed by atoms with E-state index in [0.29, 0.717) is 68.1 Å². The van der Waals surface area contributed by atoms with E-state index in [9.17, 15) is 19.8 Å². The third kappa shape index (κ3) is 5.83. The molecule has 0 unspecified atom stereocenters. The Hall–Kier alpha value is -2.18. The maximum absolute atomic E-state index is 13.2. The average Bonchev–Trinajstić information content (AvgIpc) is 3.37. The molecular formula is C37H54N2O4. The fraction of sp³-hybridized carbons (Fsp3) is 0.730. The molecule has 0 aromatic heterocycles. The Kier molecular flexibility index (Phi) is 8.83. The first kappa shape index (κ1) is 30.8. The average molecular weight is 591 g/mol. The lowest BCUT2D eigenvalue weighted by atomic mass is 9.43. The second-order valence-electron chi connectivity index (χ2n) is 15.4. The van der Waals surface area contributed by atoms with Gasteiger partial charge in [-0.1, -0.05) is 51.1 Å². The highest BCUT2D eigenvalue weighted by Gasteiger charge is 2.62. The molecule has 0 radical (unpaired) electrons. The Morgan fingerprint density at radius 1 is 0.907 bits per heavy atom. The van der Waals surface area contributed by atoms with Gasteiger partial charge in [0.05, 0.1) is 12.2 Å². The Labute approximate surface area is 258 Å². The Morgan fingerprint density at radius 3 is 2.33 bits per heavy atom. The van der Waals surface area contributed by atoms with Gasteiger partial charge in [-0.2, -0.15) is 0 Å². The van der Waals surface area contributed by atoms with Crippen LogP contribution in [0.5, 0.6) is 0 Å². The number of fused-ring (bicyclic) bond motifs is 5. The fourth-order valence-corrected chi connectivity index (χ4v) is 10.9. The number of hydrogen-bond donors (Lipinski definition) is 2. The van der Waals surface area contributed by atoms with Gasteiger partial charge in [-0.05, 0) is 116 Å². The number of aliphatic hydroxyl groups is 2. The number of piperazine rings is 1. The summed E-state index contributed by atoms with van der Waals surface area (Å²) in [5.41, 5.74) is 1.51. The van der Waals surface area contributed by atoms with E-state index in [1.54, 1.807) is 6.08 Å². The van der Waals surface area contributed by atoms with Crippen LogP contribution >= 0.6 is 0 Å². The van der Waals surface area contributed by atoms with Crippen molar-refractivity contribution < 1.29 is 19.8 Å². The van der Waals surface area contributed by atoms with Gasteiger partial charge in [0.15, 0.2) is 0 Å². The lowest BCUT2D eigenvalue weighted by Crippen LogP contribution is -2.58. The standard InChI is InChI=1S/C37H54N2O4/c1-25(9-13-33(42)38-19-21-39(22-20-38)34(43)14-10-26-7-5-4-6-8-26)29-11-12-30-35-31(16-18-37(29,30)3)36(2)17-15-28(40)23-27(36)24-32(35)41/h4-8,10,14,25,27-32,35,40-41H,9,11-13,15-24H2,1-3H3/b14-10+/t25-,27+,28-,29-,30+,31+,32+,35+,36+,37-/m1/s1. The number of carbonyl (C=O) groups is 2. The van der Waals surface area contributed by atoms with Crippen molar-refractivity contribution >= 4 is 17.9 Å². The minimum absolute atomic E-state index is 0.0111. The summed E-state index contributed by atoms with van der Waals surface area (Å²) in [6.07, 6.45) is 13.1. The van der Waals surface area contributed by atoms with Crippen LogP contribution in [-0.2, 0) is 9.59 Å². The van der Waals surface area contributed by atoms with Gasteiger partial charge in [0.25, 0.3) is 0 Å². The van der Waals surface area contributed by atoms with Gasteiger partial charge >= 0.3 is 0 Å². The zero-order valence-electron chi connectivity index (χ0n) is 26.7. The van der Waals surface area contributed by atoms with E-state index in [0.717, 1.165) is 37.7 Å². The summed E-state index contributed by atoms with van der Waals surface area (Å²) in [7, 11) is 0. The van der Waals surface area contributed by atoms with Crippen molar-refractivity contribution in [3.05, 3.63) is 42.0 Å². The zero-order valence-corrected chi connectivity index (χ0v) is 26.7. The molecule has 4 saturated carbocycles. The molecular weight excluding hydrogens is 536 g/mol. The molecule has 2 N–H and O–H groups in total. The number of carbonyl (C=O) groups excluding carboxylic acids is 2. The first-order valence-corrected chi connectivity index (χ1v) is 17.3. The number of nitrogens with zero attached hydrogens (tertiary/aromatic N) is 2. The lowest BCUT2D eigenvalue weighted by Gasteiger charge is -2.62. The number of hydrogen-bond acceptors (Lipinski definition) is 4. The van der Waals surface area contributed by atoms with Crippen molar-refractivity contribution in [1.29, 1.82) is 0 Å². The van der Waals surface area contributed by atoms with E-state index in [4.69, 9.17) is 0 Å². The van der Waals surface area contributed by atoms with Crippen molar-refractivity contribution in [1.82, 2.24) is 9.80 Å². The van der Waals surface area contributed by atoms with E-state index in [-0.39, 0.29) is 34.9 Å². The predicted molar refractivity (Wildman–Crippen MR) is 170 cm³/mol. The molecule has 43 heavy (non-hydrogen) atoms. The molecule has 0 spiro atoms. The molecule has 1 saturated heterocycles. The molecule has 236 valence electrons. The molecule has 4 aliphatic carbocycles. The quantitative estimate of drug-likeness (QED) is 0.412. The summed E-state index contributed by atoms with van der Waals surface area (Å²) in [5, 5.41) is 21.9. The van der Waals surface area contributed by atoms with Gasteiger partial charge in [-0.15, -0.1) is 0 Å². The van der Waals surface area contributed by atoms with Gasteiger partial charge < -0.3 is 20.0 Å².